The number of amides is 1. The van der Waals surface area contributed by atoms with E-state index in [4.69, 9.17) is 4.74 Å². The molecule has 0 bridgehead atoms. The van der Waals surface area contributed by atoms with Crippen molar-refractivity contribution < 1.29 is 9.53 Å². The first kappa shape index (κ1) is 14.3. The molecule has 0 N–H and O–H groups in total. The minimum Gasteiger partial charge on any atom is -0.379 e. The Bertz CT molecular complexity index is 608. The number of hydrogen-bond donors (Lipinski definition) is 0. The number of rotatable bonds is 4. The molecule has 112 valence electrons. The Morgan fingerprint density at radius 3 is 3.05 bits per heavy atom. The quantitative estimate of drug-likeness (QED) is 0.867. The highest BCUT2D eigenvalue weighted by atomic mass is 32.1. The maximum Gasteiger partial charge on any atom is 0.255 e. The number of carbonyl (C=O) groups is 1. The third-order valence-corrected chi connectivity index (χ3v) is 4.70. The number of thiophene rings is 1. The third-order valence-electron chi connectivity index (χ3n) is 4.02. The van der Waals surface area contributed by atoms with Crippen molar-refractivity contribution in [1.29, 1.82) is 0 Å². The molecule has 0 aliphatic carbocycles. The van der Waals surface area contributed by atoms with Crippen LogP contribution in [0.4, 0.5) is 0 Å². The predicted octanol–water partition coefficient (Wildman–Crippen LogP) is 1.95. The molecule has 1 saturated heterocycles. The largest absolute Gasteiger partial charge is 0.379 e. The second-order valence-electron chi connectivity index (χ2n) is 5.37. The predicted molar refractivity (Wildman–Crippen MR) is 81.5 cm³/mol. The number of methoxy groups -OCH3 is 1. The van der Waals surface area contributed by atoms with Gasteiger partial charge in [0.05, 0.1) is 23.9 Å². The maximum atomic E-state index is 12.6. The van der Waals surface area contributed by atoms with Gasteiger partial charge < -0.3 is 9.64 Å². The summed E-state index contributed by atoms with van der Waals surface area (Å²) < 4.78 is 7.37. The summed E-state index contributed by atoms with van der Waals surface area (Å²) in [4.78, 5) is 14.6. The second-order valence-corrected chi connectivity index (χ2v) is 6.15. The highest BCUT2D eigenvalue weighted by molar-refractivity contribution is 7.08. The topological polar surface area (TPSA) is 47.4 Å². The van der Waals surface area contributed by atoms with E-state index < -0.39 is 0 Å². The van der Waals surface area contributed by atoms with E-state index in [0.29, 0.717) is 0 Å². The first-order chi connectivity index (χ1) is 10.2. The van der Waals surface area contributed by atoms with Crippen LogP contribution in [-0.4, -0.2) is 46.4 Å². The van der Waals surface area contributed by atoms with Crippen LogP contribution in [0, 0.1) is 0 Å². The van der Waals surface area contributed by atoms with Crippen molar-refractivity contribution in [3.05, 3.63) is 40.3 Å². The Labute approximate surface area is 128 Å². The smallest absolute Gasteiger partial charge is 0.255 e. The molecule has 1 aliphatic heterocycles. The van der Waals surface area contributed by atoms with Crippen molar-refractivity contribution in [1.82, 2.24) is 14.7 Å². The highest BCUT2D eigenvalue weighted by Crippen LogP contribution is 2.26. The number of aromatic nitrogens is 2. The number of nitrogens with zero attached hydrogens (tertiary/aromatic N) is 3. The summed E-state index contributed by atoms with van der Waals surface area (Å²) in [6, 6.07) is 1.96. The highest BCUT2D eigenvalue weighted by Gasteiger charge is 2.37. The van der Waals surface area contributed by atoms with Crippen LogP contribution in [-0.2, 0) is 18.2 Å². The SMILES string of the molecule is CO[C@H]1CCN(C(=O)c2ccsc2)[C@H]1Cc1cnn(C)c1. The molecule has 1 amide bonds. The summed E-state index contributed by atoms with van der Waals surface area (Å²) in [5.41, 5.74) is 1.91. The lowest BCUT2D eigenvalue weighted by molar-refractivity contribution is 0.0509. The van der Waals surface area contributed by atoms with Gasteiger partial charge in [0.15, 0.2) is 0 Å². The van der Waals surface area contributed by atoms with Gasteiger partial charge in [0.2, 0.25) is 0 Å². The Morgan fingerprint density at radius 2 is 2.43 bits per heavy atom. The molecule has 21 heavy (non-hydrogen) atoms. The molecule has 2 aromatic rings. The van der Waals surface area contributed by atoms with Gasteiger partial charge in [-0.2, -0.15) is 16.4 Å². The Kier molecular flexibility index (Phi) is 4.07. The minimum absolute atomic E-state index is 0.0756. The summed E-state index contributed by atoms with van der Waals surface area (Å²) in [6.07, 6.45) is 5.61. The lowest BCUT2D eigenvalue weighted by atomic mass is 10.0. The fourth-order valence-electron chi connectivity index (χ4n) is 2.96. The Hall–Kier alpha value is -1.66. The molecule has 0 unspecified atom stereocenters. The zero-order chi connectivity index (χ0) is 14.8. The molecule has 2 atom stereocenters. The van der Waals surface area contributed by atoms with Gasteiger partial charge in [-0.1, -0.05) is 0 Å². The van der Waals surface area contributed by atoms with Crippen molar-refractivity contribution >= 4 is 17.2 Å². The van der Waals surface area contributed by atoms with E-state index in [2.05, 4.69) is 5.10 Å². The summed E-state index contributed by atoms with van der Waals surface area (Å²) >= 11 is 1.55. The van der Waals surface area contributed by atoms with Crippen molar-refractivity contribution in [3.8, 4) is 0 Å². The fourth-order valence-corrected chi connectivity index (χ4v) is 3.59. The maximum absolute atomic E-state index is 12.6. The van der Waals surface area contributed by atoms with Gasteiger partial charge in [0.1, 0.15) is 0 Å². The number of carbonyl (C=O) groups excluding carboxylic acids is 1. The monoisotopic (exact) mass is 305 g/mol. The molecule has 2 aromatic heterocycles. The van der Waals surface area contributed by atoms with Gasteiger partial charge in [0.25, 0.3) is 5.91 Å². The van der Waals surface area contributed by atoms with Crippen LogP contribution in [0.3, 0.4) is 0 Å². The molecule has 0 spiro atoms. The normalized spacial score (nSPS) is 21.9. The average Bonchev–Trinajstić information content (AvgIpc) is 3.19. The third kappa shape index (κ3) is 2.87. The summed E-state index contributed by atoms with van der Waals surface area (Å²) in [5, 5.41) is 8.05. The molecule has 0 aromatic carbocycles. The van der Waals surface area contributed by atoms with E-state index in [1.807, 2.05) is 41.2 Å². The Morgan fingerprint density at radius 1 is 1.57 bits per heavy atom. The van der Waals surface area contributed by atoms with E-state index in [1.54, 1.807) is 23.1 Å². The van der Waals surface area contributed by atoms with Gasteiger partial charge >= 0.3 is 0 Å². The van der Waals surface area contributed by atoms with Gasteiger partial charge in [0, 0.05) is 32.3 Å². The van der Waals surface area contributed by atoms with Crippen LogP contribution in [0.5, 0.6) is 0 Å². The number of aryl methyl sites for hydroxylation is 1. The van der Waals surface area contributed by atoms with Crippen LogP contribution >= 0.6 is 11.3 Å². The lowest BCUT2D eigenvalue weighted by Gasteiger charge is -2.27. The molecule has 1 aliphatic rings. The summed E-state index contributed by atoms with van der Waals surface area (Å²) in [5.74, 6) is 0.102. The first-order valence-electron chi connectivity index (χ1n) is 7.02. The average molecular weight is 305 g/mol. The molecule has 0 saturated carbocycles. The van der Waals surface area contributed by atoms with Crippen LogP contribution in [0.25, 0.3) is 0 Å². The first-order valence-corrected chi connectivity index (χ1v) is 7.97. The molecule has 3 rings (SSSR count). The lowest BCUT2D eigenvalue weighted by Crippen LogP contribution is -2.41. The second kappa shape index (κ2) is 5.99. The molecule has 3 heterocycles. The van der Waals surface area contributed by atoms with E-state index >= 15 is 0 Å². The van der Waals surface area contributed by atoms with Crippen LogP contribution < -0.4 is 0 Å². The van der Waals surface area contributed by atoms with Crippen LogP contribution in [0.15, 0.2) is 29.2 Å². The minimum atomic E-state index is 0.0756. The molecular formula is C15H19N3O2S. The van der Waals surface area contributed by atoms with Gasteiger partial charge in [-0.3, -0.25) is 9.48 Å². The van der Waals surface area contributed by atoms with Gasteiger partial charge in [-0.25, -0.2) is 0 Å². The summed E-state index contributed by atoms with van der Waals surface area (Å²) in [6.45, 7) is 0.748. The van der Waals surface area contributed by atoms with Gasteiger partial charge in [-0.15, -0.1) is 0 Å². The van der Waals surface area contributed by atoms with Crippen molar-refractivity contribution in [3.63, 3.8) is 0 Å². The fraction of sp³-hybridized carbons (Fsp3) is 0.467. The zero-order valence-electron chi connectivity index (χ0n) is 12.2. The summed E-state index contributed by atoms with van der Waals surface area (Å²) in [7, 11) is 3.62. The van der Waals surface area contributed by atoms with Crippen molar-refractivity contribution in [2.24, 2.45) is 7.05 Å². The molecular weight excluding hydrogens is 286 g/mol. The zero-order valence-corrected chi connectivity index (χ0v) is 13.0. The molecule has 6 heteroatoms. The van der Waals surface area contributed by atoms with Gasteiger partial charge in [-0.05, 0) is 29.9 Å². The van der Waals surface area contributed by atoms with E-state index in [0.717, 1.165) is 30.5 Å². The standard InChI is InChI=1S/C15H19N3O2S/c1-17-9-11(8-16-17)7-13-14(20-2)3-5-18(13)15(19)12-4-6-21-10-12/h4,6,8-10,13-14H,3,5,7H2,1-2H3/t13-,14-/m0/s1. The van der Waals surface area contributed by atoms with E-state index in [1.165, 1.54) is 0 Å². The number of ether oxygens (including phenoxy) is 1. The van der Waals surface area contributed by atoms with Crippen molar-refractivity contribution in [2.75, 3.05) is 13.7 Å². The van der Waals surface area contributed by atoms with Crippen LogP contribution in [0.2, 0.25) is 0 Å². The number of hydrogen-bond acceptors (Lipinski definition) is 4. The molecule has 1 fully saturated rings. The van der Waals surface area contributed by atoms with E-state index in [-0.39, 0.29) is 18.1 Å². The molecule has 0 radical (unpaired) electrons. The van der Waals surface area contributed by atoms with Crippen LogP contribution in [0.1, 0.15) is 22.3 Å². The Balaban J connectivity index is 1.80. The van der Waals surface area contributed by atoms with Crippen molar-refractivity contribution in [2.45, 2.75) is 25.0 Å². The number of likely N-dealkylation sites (tertiary alicyclic amines) is 1. The molecule has 5 nitrogen and oxygen atoms in total. The van der Waals surface area contributed by atoms with E-state index in [9.17, 15) is 4.79 Å².